The molecule has 0 aliphatic carbocycles. The number of sulfone groups is 1. The van der Waals surface area contributed by atoms with Crippen LogP contribution < -0.4 is 9.47 Å². The Morgan fingerprint density at radius 1 is 1.03 bits per heavy atom. The zero-order valence-corrected chi connectivity index (χ0v) is 17.4. The third-order valence-electron chi connectivity index (χ3n) is 4.30. The maximum Gasteiger partial charge on any atom is 0.573 e. The molecule has 2 aromatic rings. The van der Waals surface area contributed by atoms with Crippen LogP contribution in [0.25, 0.3) is 0 Å². The number of benzene rings is 2. The minimum Gasteiger partial charge on any atom is -0.457 e. The lowest BCUT2D eigenvalue weighted by Crippen LogP contribution is -2.35. The highest BCUT2D eigenvalue weighted by Gasteiger charge is 2.39. The molecule has 1 heterocycles. The van der Waals surface area contributed by atoms with Crippen molar-refractivity contribution in [1.29, 1.82) is 0 Å². The molecule has 0 unspecified atom stereocenters. The largest absolute Gasteiger partial charge is 0.573 e. The Balaban J connectivity index is 1.61. The maximum absolute atomic E-state index is 12.5. The summed E-state index contributed by atoms with van der Waals surface area (Å²) in [5.41, 5.74) is 0. The summed E-state index contributed by atoms with van der Waals surface area (Å²) in [4.78, 5) is -0.0622. The highest BCUT2D eigenvalue weighted by atomic mass is 32.2. The van der Waals surface area contributed by atoms with Crippen molar-refractivity contribution in [3.63, 3.8) is 0 Å². The van der Waals surface area contributed by atoms with Crippen LogP contribution in [0.15, 0.2) is 53.4 Å². The fourth-order valence-corrected chi connectivity index (χ4v) is 4.27. The van der Waals surface area contributed by atoms with Crippen LogP contribution in [-0.2, 0) is 24.4 Å². The number of hydrogen-bond acceptors (Lipinski definition) is 6. The molecule has 1 aliphatic heterocycles. The Morgan fingerprint density at radius 2 is 1.55 bits per heavy atom. The molecule has 169 valence electrons. The molecule has 1 saturated heterocycles. The number of hydrogen-bond donors (Lipinski definition) is 0. The van der Waals surface area contributed by atoms with Crippen molar-refractivity contribution in [2.24, 2.45) is 0 Å². The summed E-state index contributed by atoms with van der Waals surface area (Å²) >= 11 is 0. The van der Waals surface area contributed by atoms with Crippen LogP contribution in [-0.4, -0.2) is 45.1 Å². The van der Waals surface area contributed by atoms with E-state index in [0.717, 1.165) is 12.1 Å². The van der Waals surface area contributed by atoms with Crippen molar-refractivity contribution >= 4 is 9.84 Å². The van der Waals surface area contributed by atoms with E-state index >= 15 is 0 Å². The second kappa shape index (κ2) is 8.65. The molecule has 11 heteroatoms. The van der Waals surface area contributed by atoms with E-state index in [0.29, 0.717) is 0 Å². The van der Waals surface area contributed by atoms with Crippen molar-refractivity contribution in [3.8, 4) is 17.2 Å². The van der Waals surface area contributed by atoms with E-state index in [9.17, 15) is 26.7 Å². The molecule has 0 aromatic heterocycles. The number of ether oxygens (including phenoxy) is 4. The van der Waals surface area contributed by atoms with Gasteiger partial charge in [-0.15, -0.1) is 13.2 Å². The molecule has 1 aliphatic rings. The fourth-order valence-electron chi connectivity index (χ4n) is 2.88. The van der Waals surface area contributed by atoms with E-state index < -0.39 is 45.7 Å². The lowest BCUT2D eigenvalue weighted by molar-refractivity contribution is -0.274. The summed E-state index contributed by atoms with van der Waals surface area (Å²) in [6, 6.07) is 10.1. The smallest absolute Gasteiger partial charge is 0.457 e. The van der Waals surface area contributed by atoms with Gasteiger partial charge in [-0.05, 0) is 62.4 Å². The van der Waals surface area contributed by atoms with Gasteiger partial charge in [0.1, 0.15) is 29.5 Å². The minimum atomic E-state index is -4.79. The summed E-state index contributed by atoms with van der Waals surface area (Å²) < 4.78 is 81.6. The van der Waals surface area contributed by atoms with Gasteiger partial charge >= 0.3 is 6.36 Å². The lowest BCUT2D eigenvalue weighted by Gasteiger charge is -2.19. The van der Waals surface area contributed by atoms with E-state index in [1.807, 2.05) is 0 Å². The van der Waals surface area contributed by atoms with Crippen LogP contribution >= 0.6 is 0 Å². The highest BCUT2D eigenvalue weighted by Crippen LogP contribution is 2.29. The Labute approximate surface area is 177 Å². The molecule has 2 atom stereocenters. The van der Waals surface area contributed by atoms with Gasteiger partial charge in [0.2, 0.25) is 0 Å². The zero-order chi connectivity index (χ0) is 22.9. The molecule has 1 fully saturated rings. The summed E-state index contributed by atoms with van der Waals surface area (Å²) in [6.07, 6.45) is -7.17. The van der Waals surface area contributed by atoms with Crippen LogP contribution in [0.1, 0.15) is 13.8 Å². The lowest BCUT2D eigenvalue weighted by atomic mass is 10.2. The van der Waals surface area contributed by atoms with Crippen LogP contribution in [0, 0.1) is 0 Å². The van der Waals surface area contributed by atoms with Gasteiger partial charge in [-0.1, -0.05) is 0 Å². The number of halogens is 3. The van der Waals surface area contributed by atoms with Crippen LogP contribution in [0.3, 0.4) is 0 Å². The fraction of sp³-hybridized carbons (Fsp3) is 0.400. The topological polar surface area (TPSA) is 91.0 Å². The summed E-state index contributed by atoms with van der Waals surface area (Å²) in [7, 11) is -3.87. The molecular formula is C20H20F3O7S. The van der Waals surface area contributed by atoms with Gasteiger partial charge in [-0.2, -0.15) is 0 Å². The molecule has 1 radical (unpaired) electrons. The quantitative estimate of drug-likeness (QED) is 0.617. The van der Waals surface area contributed by atoms with Crippen molar-refractivity contribution in [3.05, 3.63) is 48.5 Å². The first-order chi connectivity index (χ1) is 14.3. The van der Waals surface area contributed by atoms with E-state index in [1.54, 1.807) is 13.8 Å². The van der Waals surface area contributed by atoms with Gasteiger partial charge in [-0.25, -0.2) is 13.5 Å². The van der Waals surface area contributed by atoms with Gasteiger partial charge in [0, 0.05) is 0 Å². The van der Waals surface area contributed by atoms with Crippen molar-refractivity contribution in [2.45, 2.75) is 43.1 Å². The minimum absolute atomic E-state index is 0.0241. The predicted octanol–water partition coefficient (Wildman–Crippen LogP) is 4.10. The maximum atomic E-state index is 12.5. The first kappa shape index (κ1) is 23.3. The first-order valence-electron chi connectivity index (χ1n) is 9.17. The monoisotopic (exact) mass is 461 g/mol. The third kappa shape index (κ3) is 6.57. The van der Waals surface area contributed by atoms with E-state index in [-0.39, 0.29) is 23.0 Å². The van der Waals surface area contributed by atoms with Crippen LogP contribution in [0.4, 0.5) is 13.2 Å². The van der Waals surface area contributed by atoms with Crippen LogP contribution in [0.2, 0.25) is 0 Å². The third-order valence-corrected chi connectivity index (χ3v) is 6.06. The number of alkyl halides is 3. The molecular weight excluding hydrogens is 441 g/mol. The second-order valence-corrected chi connectivity index (χ2v) is 9.31. The molecule has 0 amide bonds. The second-order valence-electron chi connectivity index (χ2n) is 7.28. The van der Waals surface area contributed by atoms with Gasteiger partial charge in [0.25, 0.3) is 0 Å². The summed E-state index contributed by atoms with van der Waals surface area (Å²) in [6.45, 7) is 3.31. The van der Waals surface area contributed by atoms with Gasteiger partial charge in [-0.3, -0.25) is 0 Å². The molecule has 31 heavy (non-hydrogen) atoms. The van der Waals surface area contributed by atoms with Crippen molar-refractivity contribution < 1.29 is 45.6 Å². The first-order valence-corrected chi connectivity index (χ1v) is 10.8. The normalized spacial score (nSPS) is 19.7. The Morgan fingerprint density at radius 3 is 2.03 bits per heavy atom. The molecule has 7 nitrogen and oxygen atoms in total. The van der Waals surface area contributed by atoms with E-state index in [2.05, 4.69) is 4.74 Å². The Bertz CT molecular complexity index is 987. The highest BCUT2D eigenvalue weighted by molar-refractivity contribution is 7.91. The molecule has 0 saturated carbocycles. The molecule has 0 spiro atoms. The van der Waals surface area contributed by atoms with Gasteiger partial charge in [0.05, 0.1) is 17.3 Å². The molecule has 3 rings (SSSR count). The molecule has 0 bridgehead atoms. The Kier molecular flexibility index (Phi) is 6.51. The van der Waals surface area contributed by atoms with Gasteiger partial charge in [0.15, 0.2) is 15.6 Å². The van der Waals surface area contributed by atoms with Crippen molar-refractivity contribution in [2.75, 3.05) is 12.4 Å². The summed E-state index contributed by atoms with van der Waals surface area (Å²) in [5, 5.41) is 12.3. The Hall–Kier alpha value is -2.34. The number of rotatable bonds is 7. The predicted molar refractivity (Wildman–Crippen MR) is 101 cm³/mol. The van der Waals surface area contributed by atoms with E-state index in [1.165, 1.54) is 36.4 Å². The average Bonchev–Trinajstić information content (AvgIpc) is 3.02. The standard InChI is InChI=1S/C20H20F3O7S/c1-19(2)27-11-18(30-19)17(24)12-31(25,26)16-9-7-14(8-10-16)28-13-3-5-15(6-4-13)29-20(21,22)23/h3-10,17-18H,11-12H2,1-2H3/t17-,18+/m0/s1. The molecule has 2 aromatic carbocycles. The van der Waals surface area contributed by atoms with Crippen LogP contribution in [0.5, 0.6) is 17.2 Å². The SMILES string of the molecule is CC1(C)OC[C@H]([C@@H]([O])CS(=O)(=O)c2ccc(Oc3ccc(OC(F)(F)F)cc3)cc2)O1. The van der Waals surface area contributed by atoms with Crippen molar-refractivity contribution in [1.82, 2.24) is 0 Å². The average molecular weight is 461 g/mol. The molecule has 0 N–H and O–H groups in total. The summed E-state index contributed by atoms with van der Waals surface area (Å²) in [5.74, 6) is -1.49. The zero-order valence-electron chi connectivity index (χ0n) is 16.6. The van der Waals surface area contributed by atoms with E-state index in [4.69, 9.17) is 14.2 Å². The van der Waals surface area contributed by atoms with Gasteiger partial charge < -0.3 is 18.9 Å².